The Kier molecular flexibility index (Phi) is 5.20. The first-order valence-electron chi connectivity index (χ1n) is 10.1. The number of aryl methyl sites for hydroxylation is 2. The van der Waals surface area contributed by atoms with E-state index in [1.54, 1.807) is 7.11 Å². The van der Waals surface area contributed by atoms with Crippen molar-refractivity contribution in [2.24, 2.45) is 5.92 Å². The van der Waals surface area contributed by atoms with Crippen LogP contribution in [0.3, 0.4) is 0 Å². The van der Waals surface area contributed by atoms with Crippen molar-refractivity contribution in [2.75, 3.05) is 38.2 Å². The van der Waals surface area contributed by atoms with E-state index in [0.717, 1.165) is 74.1 Å². The number of carbonyl (C=O) groups is 1. The molecule has 2 fully saturated rings. The Labute approximate surface area is 166 Å². The minimum absolute atomic E-state index is 0.292. The summed E-state index contributed by atoms with van der Waals surface area (Å²) in [6.07, 6.45) is 2.91. The number of nitrogens with zero attached hydrogens (tertiary/aromatic N) is 4. The lowest BCUT2D eigenvalue weighted by atomic mass is 10.0. The van der Waals surface area contributed by atoms with E-state index in [4.69, 9.17) is 9.72 Å². The summed E-state index contributed by atoms with van der Waals surface area (Å²) < 4.78 is 5.26. The Morgan fingerprint density at radius 2 is 1.75 bits per heavy atom. The number of aromatic nitrogens is 2. The number of benzene rings is 1. The molecule has 6 nitrogen and oxygen atoms in total. The number of hydrogen-bond donors (Lipinski definition) is 0. The molecule has 2 aromatic rings. The molecule has 1 aromatic carbocycles. The van der Waals surface area contributed by atoms with E-state index in [0.29, 0.717) is 11.8 Å². The van der Waals surface area contributed by atoms with Crippen molar-refractivity contribution < 1.29 is 9.53 Å². The van der Waals surface area contributed by atoms with Gasteiger partial charge in [0.15, 0.2) is 0 Å². The van der Waals surface area contributed by atoms with Crippen molar-refractivity contribution in [3.05, 3.63) is 46.9 Å². The third-order valence-corrected chi connectivity index (χ3v) is 5.66. The van der Waals surface area contributed by atoms with Crippen LogP contribution in [0.5, 0.6) is 5.75 Å². The number of amides is 1. The first-order valence-corrected chi connectivity index (χ1v) is 10.1. The molecule has 1 saturated carbocycles. The zero-order chi connectivity index (χ0) is 19.7. The van der Waals surface area contributed by atoms with Gasteiger partial charge >= 0.3 is 0 Å². The van der Waals surface area contributed by atoms with Gasteiger partial charge in [0.05, 0.1) is 7.11 Å². The number of ether oxygens (including phenoxy) is 1. The fourth-order valence-corrected chi connectivity index (χ4v) is 3.86. The normalized spacial score (nSPS) is 17.0. The second-order valence-corrected chi connectivity index (χ2v) is 7.77. The Bertz CT molecular complexity index is 854. The van der Waals surface area contributed by atoms with Crippen LogP contribution in [0.2, 0.25) is 0 Å². The number of hydrogen-bond acceptors (Lipinski definition) is 5. The maximum absolute atomic E-state index is 12.3. The number of anilines is 1. The summed E-state index contributed by atoms with van der Waals surface area (Å²) in [5.74, 6) is 3.30. The van der Waals surface area contributed by atoms with Gasteiger partial charge in [0.1, 0.15) is 17.4 Å². The highest BCUT2D eigenvalue weighted by atomic mass is 16.5. The number of piperazine rings is 1. The SMILES string of the molecule is COc1ccc(Cc2c(C)nc(C)nc2N2CCN(C(=O)C3CC3)CC2)cc1. The molecule has 6 heteroatoms. The average molecular weight is 380 g/mol. The molecule has 0 bridgehead atoms. The first kappa shape index (κ1) is 18.7. The maximum Gasteiger partial charge on any atom is 0.225 e. The van der Waals surface area contributed by atoms with Gasteiger partial charge in [-0.3, -0.25) is 4.79 Å². The largest absolute Gasteiger partial charge is 0.497 e. The van der Waals surface area contributed by atoms with E-state index in [1.165, 1.54) is 5.56 Å². The van der Waals surface area contributed by atoms with Gasteiger partial charge in [-0.05, 0) is 44.4 Å². The van der Waals surface area contributed by atoms with E-state index in [-0.39, 0.29) is 0 Å². The standard InChI is InChI=1S/C22H28N4O2/c1-15-20(14-17-4-8-19(28-3)9-5-17)21(24-16(2)23-15)25-10-12-26(13-11-25)22(27)18-6-7-18/h4-5,8-9,18H,6-7,10-14H2,1-3H3. The average Bonchev–Trinajstić information content (AvgIpc) is 3.55. The molecule has 0 radical (unpaired) electrons. The second-order valence-electron chi connectivity index (χ2n) is 7.77. The zero-order valence-electron chi connectivity index (χ0n) is 16.9. The van der Waals surface area contributed by atoms with Crippen LogP contribution >= 0.6 is 0 Å². The lowest BCUT2D eigenvalue weighted by molar-refractivity contribution is -0.132. The fourth-order valence-electron chi connectivity index (χ4n) is 3.86. The van der Waals surface area contributed by atoms with E-state index in [2.05, 4.69) is 28.9 Å². The molecule has 2 aliphatic rings. The van der Waals surface area contributed by atoms with Gasteiger partial charge < -0.3 is 14.5 Å². The maximum atomic E-state index is 12.3. The van der Waals surface area contributed by atoms with E-state index >= 15 is 0 Å². The summed E-state index contributed by atoms with van der Waals surface area (Å²) in [6, 6.07) is 8.16. The number of rotatable bonds is 5. The number of carbonyl (C=O) groups excluding carboxylic acids is 1. The molecule has 148 valence electrons. The summed E-state index contributed by atoms with van der Waals surface area (Å²) >= 11 is 0. The lowest BCUT2D eigenvalue weighted by Gasteiger charge is -2.36. The first-order chi connectivity index (χ1) is 13.5. The predicted octanol–water partition coefficient (Wildman–Crippen LogP) is 2.75. The summed E-state index contributed by atoms with van der Waals surface area (Å²) in [5, 5.41) is 0. The lowest BCUT2D eigenvalue weighted by Crippen LogP contribution is -2.49. The highest BCUT2D eigenvalue weighted by Gasteiger charge is 2.35. The molecular formula is C22H28N4O2. The molecule has 0 unspecified atom stereocenters. The molecule has 1 aliphatic heterocycles. The van der Waals surface area contributed by atoms with Gasteiger partial charge in [-0.2, -0.15) is 0 Å². The molecule has 1 aliphatic carbocycles. The molecule has 1 amide bonds. The zero-order valence-corrected chi connectivity index (χ0v) is 16.9. The third kappa shape index (κ3) is 3.96. The Balaban J connectivity index is 1.53. The Morgan fingerprint density at radius 3 is 2.36 bits per heavy atom. The smallest absolute Gasteiger partial charge is 0.225 e. The van der Waals surface area contributed by atoms with Crippen molar-refractivity contribution in [2.45, 2.75) is 33.1 Å². The highest BCUT2D eigenvalue weighted by Crippen LogP contribution is 2.32. The summed E-state index contributed by atoms with van der Waals surface area (Å²) in [6.45, 7) is 7.21. The van der Waals surface area contributed by atoms with Crippen molar-refractivity contribution >= 4 is 11.7 Å². The van der Waals surface area contributed by atoms with Crippen LogP contribution in [0.4, 0.5) is 5.82 Å². The molecular weight excluding hydrogens is 352 g/mol. The molecule has 0 N–H and O–H groups in total. The monoisotopic (exact) mass is 380 g/mol. The number of methoxy groups -OCH3 is 1. The Morgan fingerprint density at radius 1 is 1.07 bits per heavy atom. The van der Waals surface area contributed by atoms with Crippen LogP contribution in [0.15, 0.2) is 24.3 Å². The Hall–Kier alpha value is -2.63. The van der Waals surface area contributed by atoms with E-state index < -0.39 is 0 Å². The van der Waals surface area contributed by atoms with E-state index in [1.807, 2.05) is 24.0 Å². The van der Waals surface area contributed by atoms with Crippen LogP contribution in [-0.4, -0.2) is 54.1 Å². The van der Waals surface area contributed by atoms with Crippen LogP contribution in [0, 0.1) is 19.8 Å². The van der Waals surface area contributed by atoms with Crippen molar-refractivity contribution in [3.63, 3.8) is 0 Å². The quantitative estimate of drug-likeness (QED) is 0.798. The van der Waals surface area contributed by atoms with Gasteiger partial charge in [0.2, 0.25) is 5.91 Å². The van der Waals surface area contributed by atoms with E-state index in [9.17, 15) is 4.79 Å². The molecule has 28 heavy (non-hydrogen) atoms. The molecule has 4 rings (SSSR count). The van der Waals surface area contributed by atoms with Crippen LogP contribution in [0.1, 0.15) is 35.5 Å². The summed E-state index contributed by atoms with van der Waals surface area (Å²) in [7, 11) is 1.68. The fraction of sp³-hybridized carbons (Fsp3) is 0.500. The van der Waals surface area contributed by atoms with Gasteiger partial charge in [-0.25, -0.2) is 9.97 Å². The summed E-state index contributed by atoms with van der Waals surface area (Å²) in [5.41, 5.74) is 3.40. The second kappa shape index (κ2) is 7.78. The topological polar surface area (TPSA) is 58.6 Å². The summed E-state index contributed by atoms with van der Waals surface area (Å²) in [4.78, 5) is 26.1. The van der Waals surface area contributed by atoms with Crippen molar-refractivity contribution in [3.8, 4) is 5.75 Å². The van der Waals surface area contributed by atoms with Crippen LogP contribution < -0.4 is 9.64 Å². The van der Waals surface area contributed by atoms with Crippen LogP contribution in [0.25, 0.3) is 0 Å². The van der Waals surface area contributed by atoms with Gasteiger partial charge in [0.25, 0.3) is 0 Å². The van der Waals surface area contributed by atoms with Gasteiger partial charge in [-0.15, -0.1) is 0 Å². The molecule has 0 atom stereocenters. The van der Waals surface area contributed by atoms with Crippen molar-refractivity contribution in [1.82, 2.24) is 14.9 Å². The predicted molar refractivity (Wildman–Crippen MR) is 109 cm³/mol. The van der Waals surface area contributed by atoms with Gasteiger partial charge in [-0.1, -0.05) is 12.1 Å². The molecule has 1 aromatic heterocycles. The minimum atomic E-state index is 0.292. The van der Waals surface area contributed by atoms with Crippen LogP contribution in [-0.2, 0) is 11.2 Å². The molecule has 0 spiro atoms. The third-order valence-electron chi connectivity index (χ3n) is 5.66. The minimum Gasteiger partial charge on any atom is -0.497 e. The van der Waals surface area contributed by atoms with Gasteiger partial charge in [0, 0.05) is 49.8 Å². The van der Waals surface area contributed by atoms with Crippen molar-refractivity contribution in [1.29, 1.82) is 0 Å². The highest BCUT2D eigenvalue weighted by molar-refractivity contribution is 5.81. The molecule has 1 saturated heterocycles. The molecule has 2 heterocycles.